The van der Waals surface area contributed by atoms with E-state index < -0.39 is 0 Å². The smallest absolute Gasteiger partial charge is 0.0764 e. The maximum absolute atomic E-state index is 4.76. The van der Waals surface area contributed by atoms with E-state index in [0.717, 1.165) is 11.8 Å². The molecule has 2 saturated carbocycles. The van der Waals surface area contributed by atoms with Gasteiger partial charge in [0.15, 0.2) is 0 Å². The molecule has 0 aromatic rings. The van der Waals surface area contributed by atoms with Crippen LogP contribution in [0, 0.1) is 17.3 Å². The van der Waals surface area contributed by atoms with E-state index in [9.17, 15) is 0 Å². The van der Waals surface area contributed by atoms with Gasteiger partial charge in [-0.15, -0.1) is 0 Å². The van der Waals surface area contributed by atoms with E-state index in [1.165, 1.54) is 19.3 Å². The Kier molecular flexibility index (Phi) is 1.91. The topological polar surface area (TPSA) is 12.4 Å². The van der Waals surface area contributed by atoms with E-state index >= 15 is 0 Å². The predicted molar refractivity (Wildman–Crippen MR) is 58.0 cm³/mol. The second kappa shape index (κ2) is 2.65. The number of rotatable bonds is 1. The third-order valence-corrected chi connectivity index (χ3v) is 4.92. The lowest BCUT2D eigenvalue weighted by Crippen LogP contribution is -2.45. The van der Waals surface area contributed by atoms with Crippen molar-refractivity contribution in [1.29, 1.82) is 0 Å². The Morgan fingerprint density at radius 3 is 2.31 bits per heavy atom. The standard InChI is InChI=1S/C11H17NS/c1-10(2)8-4-5-9(6-8)11(10,3)12-7-13/h8-9H,4-6H2,1-3H3/t8-,9+,11?/m1/s1. The summed E-state index contributed by atoms with van der Waals surface area (Å²) in [6.07, 6.45) is 4.08. The van der Waals surface area contributed by atoms with Gasteiger partial charge in [-0.25, -0.2) is 4.99 Å². The molecule has 2 fully saturated rings. The fourth-order valence-corrected chi connectivity index (χ4v) is 3.61. The highest BCUT2D eigenvalue weighted by Gasteiger charge is 2.60. The van der Waals surface area contributed by atoms with Gasteiger partial charge < -0.3 is 0 Å². The summed E-state index contributed by atoms with van der Waals surface area (Å²) in [6, 6.07) is 0. The minimum Gasteiger partial charge on any atom is -0.225 e. The van der Waals surface area contributed by atoms with Crippen LogP contribution in [-0.2, 0) is 0 Å². The van der Waals surface area contributed by atoms with Gasteiger partial charge in [0.1, 0.15) is 0 Å². The molecule has 0 heterocycles. The number of fused-ring (bicyclic) bond motifs is 2. The Morgan fingerprint density at radius 2 is 1.85 bits per heavy atom. The number of thiocarbonyl (C=S) groups is 1. The van der Waals surface area contributed by atoms with Crippen LogP contribution in [0.5, 0.6) is 0 Å². The van der Waals surface area contributed by atoms with Crippen molar-refractivity contribution in [2.45, 2.75) is 45.6 Å². The molecule has 0 spiro atoms. The maximum atomic E-state index is 4.76. The van der Waals surface area contributed by atoms with Crippen molar-refractivity contribution >= 4 is 17.4 Å². The SMILES string of the molecule is CC1(C)[C@@H]2CC[C@@H](C2)C1(C)N=C=S. The van der Waals surface area contributed by atoms with Crippen LogP contribution in [0.4, 0.5) is 0 Å². The summed E-state index contributed by atoms with van der Waals surface area (Å²) in [6.45, 7) is 6.94. The van der Waals surface area contributed by atoms with Crippen LogP contribution in [-0.4, -0.2) is 10.7 Å². The largest absolute Gasteiger partial charge is 0.225 e. The average molecular weight is 195 g/mol. The minimum atomic E-state index is 0.0671. The summed E-state index contributed by atoms with van der Waals surface area (Å²) in [5, 5.41) is 2.60. The highest BCUT2D eigenvalue weighted by molar-refractivity contribution is 7.78. The molecule has 0 radical (unpaired) electrons. The zero-order valence-electron chi connectivity index (χ0n) is 8.63. The zero-order chi connectivity index (χ0) is 9.69. The molecule has 0 saturated heterocycles. The first-order valence-electron chi connectivity index (χ1n) is 5.11. The van der Waals surface area contributed by atoms with Crippen LogP contribution in [0.15, 0.2) is 4.99 Å². The van der Waals surface area contributed by atoms with E-state index in [4.69, 9.17) is 12.2 Å². The fourth-order valence-electron chi connectivity index (χ4n) is 3.42. The molecule has 13 heavy (non-hydrogen) atoms. The Bertz CT molecular complexity index is 278. The summed E-state index contributed by atoms with van der Waals surface area (Å²) >= 11 is 4.76. The number of hydrogen-bond acceptors (Lipinski definition) is 2. The van der Waals surface area contributed by atoms with Crippen LogP contribution in [0.1, 0.15) is 40.0 Å². The Balaban J connectivity index is 2.43. The van der Waals surface area contributed by atoms with Crippen molar-refractivity contribution in [3.8, 4) is 0 Å². The molecule has 3 atom stereocenters. The van der Waals surface area contributed by atoms with Gasteiger partial charge in [-0.1, -0.05) is 13.8 Å². The first-order chi connectivity index (χ1) is 6.02. The second-order valence-electron chi connectivity index (χ2n) is 5.28. The summed E-state index contributed by atoms with van der Waals surface area (Å²) in [4.78, 5) is 4.46. The molecule has 0 aromatic carbocycles. The van der Waals surface area contributed by atoms with Gasteiger partial charge in [0.25, 0.3) is 0 Å². The first kappa shape index (κ1) is 9.36. The van der Waals surface area contributed by atoms with Gasteiger partial charge in [-0.05, 0) is 55.7 Å². The van der Waals surface area contributed by atoms with Crippen LogP contribution in [0.3, 0.4) is 0 Å². The van der Waals surface area contributed by atoms with Crippen molar-refractivity contribution < 1.29 is 0 Å². The highest BCUT2D eigenvalue weighted by Crippen LogP contribution is 2.62. The molecule has 2 heteroatoms. The van der Waals surface area contributed by atoms with Gasteiger partial charge in [0.2, 0.25) is 0 Å². The quantitative estimate of drug-likeness (QED) is 0.462. The molecular formula is C11H17NS. The van der Waals surface area contributed by atoms with Gasteiger partial charge in [0, 0.05) is 0 Å². The Labute approximate surface area is 85.6 Å². The summed E-state index contributed by atoms with van der Waals surface area (Å²) < 4.78 is 0. The number of aliphatic imine (C=N–C) groups is 1. The number of isothiocyanates is 1. The predicted octanol–water partition coefficient (Wildman–Crippen LogP) is 3.30. The molecular weight excluding hydrogens is 178 g/mol. The van der Waals surface area contributed by atoms with Crippen molar-refractivity contribution in [3.63, 3.8) is 0 Å². The lowest BCUT2D eigenvalue weighted by molar-refractivity contribution is 0.105. The Hall–Kier alpha value is -0.200. The van der Waals surface area contributed by atoms with Crippen molar-refractivity contribution in [2.75, 3.05) is 0 Å². The van der Waals surface area contributed by atoms with Crippen LogP contribution in [0.25, 0.3) is 0 Å². The molecule has 2 bridgehead atoms. The van der Waals surface area contributed by atoms with Crippen molar-refractivity contribution in [1.82, 2.24) is 0 Å². The summed E-state index contributed by atoms with van der Waals surface area (Å²) in [5.41, 5.74) is 0.388. The lowest BCUT2D eigenvalue weighted by Gasteiger charge is -2.43. The highest BCUT2D eigenvalue weighted by atomic mass is 32.1. The molecule has 0 aromatic heterocycles. The molecule has 2 aliphatic carbocycles. The molecule has 0 aliphatic heterocycles. The van der Waals surface area contributed by atoms with Gasteiger partial charge in [-0.2, -0.15) is 0 Å². The molecule has 2 aliphatic rings. The molecule has 1 unspecified atom stereocenters. The number of hydrogen-bond donors (Lipinski definition) is 0. The minimum absolute atomic E-state index is 0.0671. The molecule has 72 valence electrons. The van der Waals surface area contributed by atoms with E-state index in [0.29, 0.717) is 5.41 Å². The summed E-state index contributed by atoms with van der Waals surface area (Å²) in [7, 11) is 0. The monoisotopic (exact) mass is 195 g/mol. The molecule has 0 N–H and O–H groups in total. The lowest BCUT2D eigenvalue weighted by atomic mass is 9.64. The average Bonchev–Trinajstić information content (AvgIpc) is 2.56. The second-order valence-corrected chi connectivity index (χ2v) is 5.46. The zero-order valence-corrected chi connectivity index (χ0v) is 9.45. The van der Waals surface area contributed by atoms with Gasteiger partial charge >= 0.3 is 0 Å². The van der Waals surface area contributed by atoms with Gasteiger partial charge in [-0.3, -0.25) is 0 Å². The van der Waals surface area contributed by atoms with Crippen molar-refractivity contribution in [2.24, 2.45) is 22.2 Å². The van der Waals surface area contributed by atoms with Crippen LogP contribution in [0.2, 0.25) is 0 Å². The first-order valence-corrected chi connectivity index (χ1v) is 5.52. The van der Waals surface area contributed by atoms with E-state index in [2.05, 4.69) is 30.9 Å². The molecule has 2 rings (SSSR count). The molecule has 0 amide bonds. The van der Waals surface area contributed by atoms with E-state index in [1.807, 2.05) is 0 Å². The van der Waals surface area contributed by atoms with Crippen LogP contribution >= 0.6 is 12.2 Å². The number of nitrogens with zero attached hydrogens (tertiary/aromatic N) is 1. The third-order valence-electron chi connectivity index (χ3n) is 4.83. The summed E-state index contributed by atoms with van der Waals surface area (Å²) in [5.74, 6) is 1.61. The normalized spacial score (nSPS) is 46.1. The van der Waals surface area contributed by atoms with Crippen molar-refractivity contribution in [3.05, 3.63) is 0 Å². The van der Waals surface area contributed by atoms with E-state index in [-0.39, 0.29) is 5.54 Å². The Morgan fingerprint density at radius 1 is 1.23 bits per heavy atom. The maximum Gasteiger partial charge on any atom is 0.0764 e. The molecule has 1 nitrogen and oxygen atoms in total. The fraction of sp³-hybridized carbons (Fsp3) is 0.909. The van der Waals surface area contributed by atoms with E-state index in [1.54, 1.807) is 0 Å². The van der Waals surface area contributed by atoms with Gasteiger partial charge in [0.05, 0.1) is 10.7 Å². The van der Waals surface area contributed by atoms with Crippen LogP contribution < -0.4 is 0 Å². The third kappa shape index (κ3) is 0.992.